The zero-order valence-electron chi connectivity index (χ0n) is 12.0. The van der Waals surface area contributed by atoms with Crippen LogP contribution in [-0.4, -0.2) is 23.1 Å². The Morgan fingerprint density at radius 3 is 2.67 bits per heavy atom. The van der Waals surface area contributed by atoms with Gasteiger partial charge in [0.25, 0.3) is 0 Å². The van der Waals surface area contributed by atoms with Gasteiger partial charge in [0.05, 0.1) is 6.61 Å². The van der Waals surface area contributed by atoms with Crippen LogP contribution in [0.5, 0.6) is 5.88 Å². The summed E-state index contributed by atoms with van der Waals surface area (Å²) < 4.78 is 5.57. The van der Waals surface area contributed by atoms with Crippen LogP contribution in [0.25, 0.3) is 0 Å². The number of hydrogen-bond acceptors (Lipinski definition) is 4. The maximum absolute atomic E-state index is 5.57. The molecule has 18 heavy (non-hydrogen) atoms. The van der Waals surface area contributed by atoms with Crippen molar-refractivity contribution in [2.45, 2.75) is 47.0 Å². The van der Waals surface area contributed by atoms with Gasteiger partial charge in [-0.1, -0.05) is 27.7 Å². The molecule has 0 fully saturated rings. The summed E-state index contributed by atoms with van der Waals surface area (Å²) in [4.78, 5) is 8.81. The number of ether oxygens (including phenoxy) is 1. The third-order valence-electron chi connectivity index (χ3n) is 2.55. The largest absolute Gasteiger partial charge is 0.478 e. The molecule has 0 aliphatic heterocycles. The van der Waals surface area contributed by atoms with E-state index in [-0.39, 0.29) is 0 Å². The average molecular weight is 251 g/mol. The second-order valence-corrected chi connectivity index (χ2v) is 4.82. The van der Waals surface area contributed by atoms with Gasteiger partial charge in [0, 0.05) is 19.0 Å². The Hall–Kier alpha value is -1.32. The van der Waals surface area contributed by atoms with E-state index in [9.17, 15) is 0 Å². The van der Waals surface area contributed by atoms with Crippen LogP contribution in [0.2, 0.25) is 0 Å². The van der Waals surface area contributed by atoms with Gasteiger partial charge in [-0.25, -0.2) is 4.98 Å². The molecule has 0 amide bonds. The second-order valence-electron chi connectivity index (χ2n) is 4.82. The molecule has 0 spiro atoms. The summed E-state index contributed by atoms with van der Waals surface area (Å²) >= 11 is 0. The maximum Gasteiger partial charge on any atom is 0.218 e. The van der Waals surface area contributed by atoms with Crippen molar-refractivity contribution >= 4 is 5.82 Å². The van der Waals surface area contributed by atoms with Crippen molar-refractivity contribution in [1.29, 1.82) is 0 Å². The van der Waals surface area contributed by atoms with Gasteiger partial charge in [0.15, 0.2) is 0 Å². The van der Waals surface area contributed by atoms with Crippen molar-refractivity contribution in [2.24, 2.45) is 5.92 Å². The number of hydrogen-bond donors (Lipinski definition) is 1. The van der Waals surface area contributed by atoms with Crippen LogP contribution in [0.4, 0.5) is 5.82 Å². The van der Waals surface area contributed by atoms with E-state index < -0.39 is 0 Å². The van der Waals surface area contributed by atoms with Crippen LogP contribution >= 0.6 is 0 Å². The van der Waals surface area contributed by atoms with Crippen LogP contribution in [0.3, 0.4) is 0 Å². The minimum Gasteiger partial charge on any atom is -0.478 e. The molecule has 102 valence electrons. The number of anilines is 1. The zero-order chi connectivity index (χ0) is 13.4. The molecule has 1 rings (SSSR count). The Bertz CT molecular complexity index is 353. The summed E-state index contributed by atoms with van der Waals surface area (Å²) in [5, 5.41) is 3.34. The van der Waals surface area contributed by atoms with Gasteiger partial charge in [0.2, 0.25) is 5.88 Å². The third-order valence-corrected chi connectivity index (χ3v) is 2.55. The molecular weight excluding hydrogens is 226 g/mol. The van der Waals surface area contributed by atoms with Crippen molar-refractivity contribution < 1.29 is 4.74 Å². The van der Waals surface area contributed by atoms with Crippen LogP contribution in [0.1, 0.15) is 46.4 Å². The Kier molecular flexibility index (Phi) is 6.47. The van der Waals surface area contributed by atoms with Crippen molar-refractivity contribution in [3.63, 3.8) is 0 Å². The number of aromatic nitrogens is 2. The highest BCUT2D eigenvalue weighted by Gasteiger charge is 2.04. The molecule has 0 unspecified atom stereocenters. The summed E-state index contributed by atoms with van der Waals surface area (Å²) in [6.45, 7) is 10.2. The first kappa shape index (κ1) is 14.7. The lowest BCUT2D eigenvalue weighted by atomic mass is 10.1. The van der Waals surface area contributed by atoms with Gasteiger partial charge in [-0.05, 0) is 18.8 Å². The third kappa shape index (κ3) is 5.34. The fraction of sp³-hybridized carbons (Fsp3) is 0.714. The Morgan fingerprint density at radius 2 is 2.06 bits per heavy atom. The van der Waals surface area contributed by atoms with Gasteiger partial charge >= 0.3 is 0 Å². The SMILES string of the molecule is CCCOc1cc(NCCC(C)C)nc(CC)n1. The normalized spacial score (nSPS) is 10.7. The monoisotopic (exact) mass is 251 g/mol. The highest BCUT2D eigenvalue weighted by atomic mass is 16.5. The number of nitrogens with zero attached hydrogens (tertiary/aromatic N) is 2. The fourth-order valence-electron chi connectivity index (χ4n) is 1.49. The van der Waals surface area contributed by atoms with Crippen LogP contribution in [-0.2, 0) is 6.42 Å². The van der Waals surface area contributed by atoms with Gasteiger partial charge in [0.1, 0.15) is 11.6 Å². The highest BCUT2D eigenvalue weighted by Crippen LogP contribution is 2.14. The highest BCUT2D eigenvalue weighted by molar-refractivity contribution is 5.38. The molecule has 4 nitrogen and oxygen atoms in total. The van der Waals surface area contributed by atoms with Crippen molar-refractivity contribution in [3.8, 4) is 5.88 Å². The maximum atomic E-state index is 5.57. The summed E-state index contributed by atoms with van der Waals surface area (Å²) in [7, 11) is 0. The smallest absolute Gasteiger partial charge is 0.218 e. The van der Waals surface area contributed by atoms with Crippen LogP contribution < -0.4 is 10.1 Å². The molecule has 0 aliphatic rings. The molecule has 1 heterocycles. The lowest BCUT2D eigenvalue weighted by molar-refractivity contribution is 0.304. The predicted molar refractivity (Wildman–Crippen MR) is 75.1 cm³/mol. The summed E-state index contributed by atoms with van der Waals surface area (Å²) in [6.07, 6.45) is 2.94. The van der Waals surface area contributed by atoms with Gasteiger partial charge < -0.3 is 10.1 Å². The fourth-order valence-corrected chi connectivity index (χ4v) is 1.49. The van der Waals surface area contributed by atoms with Gasteiger partial charge in [-0.15, -0.1) is 0 Å². The quantitative estimate of drug-likeness (QED) is 0.770. The average Bonchev–Trinajstić information content (AvgIpc) is 2.35. The van der Waals surface area contributed by atoms with Crippen LogP contribution in [0.15, 0.2) is 6.07 Å². The lowest BCUT2D eigenvalue weighted by Crippen LogP contribution is -2.09. The number of aryl methyl sites for hydroxylation is 1. The number of rotatable bonds is 8. The standard InChI is InChI=1S/C14H25N3O/c1-5-9-18-14-10-13(15-8-7-11(3)4)16-12(6-2)17-14/h10-11H,5-9H2,1-4H3,(H,15,16,17). The first-order chi connectivity index (χ1) is 8.65. The number of nitrogens with one attached hydrogen (secondary N) is 1. The van der Waals surface area contributed by atoms with E-state index in [2.05, 4.69) is 43.0 Å². The minimum atomic E-state index is 0.677. The molecule has 0 bridgehead atoms. The van der Waals surface area contributed by atoms with Gasteiger partial charge in [-0.3, -0.25) is 0 Å². The Labute approximate surface area is 110 Å². The predicted octanol–water partition coefficient (Wildman–Crippen LogP) is 3.29. The van der Waals surface area contributed by atoms with E-state index >= 15 is 0 Å². The molecule has 0 radical (unpaired) electrons. The molecule has 0 aliphatic carbocycles. The molecule has 0 aromatic carbocycles. The van der Waals surface area contributed by atoms with E-state index in [1.807, 2.05) is 6.07 Å². The Morgan fingerprint density at radius 1 is 1.28 bits per heavy atom. The lowest BCUT2D eigenvalue weighted by Gasteiger charge is -2.11. The summed E-state index contributed by atoms with van der Waals surface area (Å²) in [5.74, 6) is 3.07. The van der Waals surface area contributed by atoms with E-state index in [1.54, 1.807) is 0 Å². The summed E-state index contributed by atoms with van der Waals surface area (Å²) in [6, 6.07) is 1.88. The van der Waals surface area contributed by atoms with Crippen molar-refractivity contribution in [2.75, 3.05) is 18.5 Å². The zero-order valence-corrected chi connectivity index (χ0v) is 12.0. The van der Waals surface area contributed by atoms with Crippen LogP contribution in [0, 0.1) is 5.92 Å². The summed E-state index contributed by atoms with van der Waals surface area (Å²) in [5.41, 5.74) is 0. The van der Waals surface area contributed by atoms with Gasteiger partial charge in [-0.2, -0.15) is 4.98 Å². The minimum absolute atomic E-state index is 0.677. The first-order valence-corrected chi connectivity index (χ1v) is 6.90. The molecule has 1 aromatic rings. The molecule has 0 saturated carbocycles. The Balaban J connectivity index is 2.64. The van der Waals surface area contributed by atoms with E-state index in [0.717, 1.165) is 37.4 Å². The molecule has 4 heteroatoms. The van der Waals surface area contributed by atoms with E-state index in [0.29, 0.717) is 18.4 Å². The molecule has 1 N–H and O–H groups in total. The van der Waals surface area contributed by atoms with E-state index in [1.165, 1.54) is 0 Å². The topological polar surface area (TPSA) is 47.0 Å². The van der Waals surface area contributed by atoms with Crippen molar-refractivity contribution in [3.05, 3.63) is 11.9 Å². The second kappa shape index (κ2) is 7.90. The molecular formula is C14H25N3O. The van der Waals surface area contributed by atoms with Crippen molar-refractivity contribution in [1.82, 2.24) is 9.97 Å². The first-order valence-electron chi connectivity index (χ1n) is 6.90. The van der Waals surface area contributed by atoms with E-state index in [4.69, 9.17) is 4.74 Å². The molecule has 1 aromatic heterocycles. The molecule has 0 atom stereocenters. The molecule has 0 saturated heterocycles.